The Morgan fingerprint density at radius 3 is 1.43 bits per heavy atom. The molecule has 120 valence electrons. The summed E-state index contributed by atoms with van der Waals surface area (Å²) in [7, 11) is 0. The van der Waals surface area contributed by atoms with Gasteiger partial charge in [-0.3, -0.25) is 19.2 Å². The van der Waals surface area contributed by atoms with Crippen molar-refractivity contribution in [2.75, 3.05) is 0 Å². The predicted octanol–water partition coefficient (Wildman–Crippen LogP) is -2.07. The van der Waals surface area contributed by atoms with Crippen LogP contribution in [0.1, 0.15) is 27.7 Å². The van der Waals surface area contributed by atoms with E-state index in [1.54, 1.807) is 0 Å². The van der Waals surface area contributed by atoms with Crippen molar-refractivity contribution in [1.82, 2.24) is 16.0 Å². The molecule has 0 rings (SSSR count). The Kier molecular flexibility index (Phi) is 7.36. The molecule has 0 bridgehead atoms. The van der Waals surface area contributed by atoms with E-state index in [1.807, 2.05) is 0 Å². The zero-order chi connectivity index (χ0) is 16.7. The molecule has 9 nitrogen and oxygen atoms in total. The highest BCUT2D eigenvalue weighted by Gasteiger charge is 2.23. The molecule has 0 saturated heterocycles. The molecule has 0 aliphatic carbocycles. The molecule has 0 unspecified atom stereocenters. The summed E-state index contributed by atoms with van der Waals surface area (Å²) < 4.78 is 0. The van der Waals surface area contributed by atoms with E-state index in [1.165, 1.54) is 27.7 Å². The Morgan fingerprint density at radius 2 is 1.10 bits per heavy atom. The van der Waals surface area contributed by atoms with Gasteiger partial charge in [-0.15, -0.1) is 0 Å². The summed E-state index contributed by atoms with van der Waals surface area (Å²) in [6.07, 6.45) is 0. The minimum absolute atomic E-state index is 0.491. The van der Waals surface area contributed by atoms with Crippen LogP contribution in [0.5, 0.6) is 0 Å². The molecule has 0 aromatic rings. The molecule has 4 atom stereocenters. The van der Waals surface area contributed by atoms with E-state index < -0.39 is 47.9 Å². The van der Waals surface area contributed by atoms with Gasteiger partial charge in [0.25, 0.3) is 0 Å². The fourth-order valence-corrected chi connectivity index (χ4v) is 1.21. The molecule has 0 aliphatic rings. The normalized spacial score (nSPS) is 16.0. The molecular weight excluding hydrogens is 280 g/mol. The fraction of sp³-hybridized carbons (Fsp3) is 0.667. The van der Waals surface area contributed by atoms with Gasteiger partial charge in [0.1, 0.15) is 18.1 Å². The quantitative estimate of drug-likeness (QED) is 0.364. The summed E-state index contributed by atoms with van der Waals surface area (Å²) in [4.78, 5) is 45.4. The van der Waals surface area contributed by atoms with Gasteiger partial charge in [0, 0.05) is 0 Å². The van der Waals surface area contributed by atoms with Crippen LogP contribution in [0.4, 0.5) is 0 Å². The maximum Gasteiger partial charge on any atom is 0.325 e. The van der Waals surface area contributed by atoms with Crippen LogP contribution >= 0.6 is 0 Å². The van der Waals surface area contributed by atoms with Crippen LogP contribution in [-0.2, 0) is 19.2 Å². The molecular formula is C12H22N4O5. The van der Waals surface area contributed by atoms with Crippen molar-refractivity contribution in [2.45, 2.75) is 51.9 Å². The summed E-state index contributed by atoms with van der Waals surface area (Å²) in [5.41, 5.74) is 5.35. The standard InChI is InChI=1S/C12H22N4O5/c1-5(13)9(17)14-6(2)10(18)15-7(3)11(19)16-8(4)12(20)21/h5-8H,13H2,1-4H3,(H,14,17)(H,15,18)(H,16,19)(H,20,21)/t5-,6-,7+,8-/m1/s1. The van der Waals surface area contributed by atoms with Crippen LogP contribution in [0.2, 0.25) is 0 Å². The zero-order valence-electron chi connectivity index (χ0n) is 12.5. The van der Waals surface area contributed by atoms with Gasteiger partial charge in [-0.25, -0.2) is 0 Å². The third-order valence-electron chi connectivity index (χ3n) is 2.65. The fourth-order valence-electron chi connectivity index (χ4n) is 1.21. The topological polar surface area (TPSA) is 151 Å². The van der Waals surface area contributed by atoms with E-state index in [2.05, 4.69) is 16.0 Å². The molecule has 0 aromatic carbocycles. The van der Waals surface area contributed by atoms with Gasteiger partial charge in [0.05, 0.1) is 6.04 Å². The van der Waals surface area contributed by atoms with Crippen molar-refractivity contribution in [3.63, 3.8) is 0 Å². The third kappa shape index (κ3) is 6.70. The Labute approximate surface area is 122 Å². The van der Waals surface area contributed by atoms with Crippen LogP contribution in [0.25, 0.3) is 0 Å². The SMILES string of the molecule is C[C@H](NC(=O)[C@@H](C)NC(=O)[C@@H](C)N)C(=O)N[C@H](C)C(=O)O. The Morgan fingerprint density at radius 1 is 0.762 bits per heavy atom. The van der Waals surface area contributed by atoms with Crippen LogP contribution < -0.4 is 21.7 Å². The molecule has 0 spiro atoms. The molecule has 0 saturated carbocycles. The van der Waals surface area contributed by atoms with Crippen molar-refractivity contribution in [1.29, 1.82) is 0 Å². The van der Waals surface area contributed by atoms with E-state index >= 15 is 0 Å². The average Bonchev–Trinajstić information content (AvgIpc) is 2.37. The second kappa shape index (κ2) is 8.20. The summed E-state index contributed by atoms with van der Waals surface area (Å²) in [6, 6.07) is -3.62. The highest BCUT2D eigenvalue weighted by atomic mass is 16.4. The minimum atomic E-state index is -1.18. The monoisotopic (exact) mass is 302 g/mol. The summed E-state index contributed by atoms with van der Waals surface area (Å²) in [5, 5.41) is 15.6. The average molecular weight is 302 g/mol. The zero-order valence-corrected chi connectivity index (χ0v) is 12.5. The van der Waals surface area contributed by atoms with Gasteiger partial charge >= 0.3 is 5.97 Å². The molecule has 0 fully saturated rings. The first-order valence-corrected chi connectivity index (χ1v) is 6.45. The van der Waals surface area contributed by atoms with Crippen molar-refractivity contribution >= 4 is 23.7 Å². The van der Waals surface area contributed by atoms with Gasteiger partial charge in [0.15, 0.2) is 0 Å². The number of carboxylic acids is 1. The molecule has 9 heteroatoms. The Balaban J connectivity index is 4.40. The van der Waals surface area contributed by atoms with Gasteiger partial charge in [-0.2, -0.15) is 0 Å². The Bertz CT molecular complexity index is 424. The van der Waals surface area contributed by atoms with E-state index in [4.69, 9.17) is 10.8 Å². The molecule has 0 heterocycles. The lowest BCUT2D eigenvalue weighted by Crippen LogP contribution is -2.54. The van der Waals surface area contributed by atoms with Gasteiger partial charge < -0.3 is 26.8 Å². The maximum atomic E-state index is 11.8. The van der Waals surface area contributed by atoms with E-state index in [0.29, 0.717) is 0 Å². The number of nitrogens with two attached hydrogens (primary N) is 1. The van der Waals surface area contributed by atoms with E-state index in [9.17, 15) is 19.2 Å². The summed E-state index contributed by atoms with van der Waals surface area (Å²) >= 11 is 0. The molecule has 3 amide bonds. The van der Waals surface area contributed by atoms with E-state index in [0.717, 1.165) is 0 Å². The smallest absolute Gasteiger partial charge is 0.325 e. The molecule has 21 heavy (non-hydrogen) atoms. The number of carbonyl (C=O) groups excluding carboxylic acids is 3. The number of aliphatic carboxylic acids is 1. The van der Waals surface area contributed by atoms with Crippen LogP contribution in [0.15, 0.2) is 0 Å². The largest absolute Gasteiger partial charge is 0.480 e. The van der Waals surface area contributed by atoms with Gasteiger partial charge in [0.2, 0.25) is 17.7 Å². The third-order valence-corrected chi connectivity index (χ3v) is 2.65. The van der Waals surface area contributed by atoms with Crippen LogP contribution in [0, 0.1) is 0 Å². The first kappa shape index (κ1) is 18.8. The summed E-state index contributed by atoms with van der Waals surface area (Å²) in [5.74, 6) is -2.88. The first-order chi connectivity index (χ1) is 9.56. The van der Waals surface area contributed by atoms with Crippen LogP contribution in [0.3, 0.4) is 0 Å². The van der Waals surface area contributed by atoms with Gasteiger partial charge in [-0.1, -0.05) is 0 Å². The van der Waals surface area contributed by atoms with Crippen molar-refractivity contribution in [3.8, 4) is 0 Å². The number of carboxylic acid groups (broad SMARTS) is 1. The Hall–Kier alpha value is -2.16. The number of carbonyl (C=O) groups is 4. The minimum Gasteiger partial charge on any atom is -0.480 e. The van der Waals surface area contributed by atoms with Gasteiger partial charge in [-0.05, 0) is 27.7 Å². The number of rotatable bonds is 7. The second-order valence-electron chi connectivity index (χ2n) is 4.82. The molecule has 6 N–H and O–H groups in total. The lowest BCUT2D eigenvalue weighted by atomic mass is 10.2. The highest BCUT2D eigenvalue weighted by molar-refractivity contribution is 5.93. The predicted molar refractivity (Wildman–Crippen MR) is 74.1 cm³/mol. The highest BCUT2D eigenvalue weighted by Crippen LogP contribution is 1.91. The number of hydrogen-bond donors (Lipinski definition) is 5. The molecule has 0 aliphatic heterocycles. The second-order valence-corrected chi connectivity index (χ2v) is 4.82. The number of amides is 3. The molecule has 0 radical (unpaired) electrons. The van der Waals surface area contributed by atoms with Crippen molar-refractivity contribution in [3.05, 3.63) is 0 Å². The van der Waals surface area contributed by atoms with E-state index in [-0.39, 0.29) is 0 Å². The van der Waals surface area contributed by atoms with Crippen LogP contribution in [-0.4, -0.2) is 53.0 Å². The molecule has 0 aromatic heterocycles. The van der Waals surface area contributed by atoms with Crippen molar-refractivity contribution in [2.24, 2.45) is 5.73 Å². The van der Waals surface area contributed by atoms with Crippen molar-refractivity contribution < 1.29 is 24.3 Å². The maximum absolute atomic E-state index is 11.8. The number of hydrogen-bond acceptors (Lipinski definition) is 5. The lowest BCUT2D eigenvalue weighted by molar-refractivity contribution is -0.141. The number of nitrogens with one attached hydrogen (secondary N) is 3. The first-order valence-electron chi connectivity index (χ1n) is 6.45. The lowest BCUT2D eigenvalue weighted by Gasteiger charge is -2.19. The summed E-state index contributed by atoms with van der Waals surface area (Å²) in [6.45, 7) is 5.63.